The van der Waals surface area contributed by atoms with Crippen LogP contribution < -0.4 is 20.1 Å². The summed E-state index contributed by atoms with van der Waals surface area (Å²) in [5, 5.41) is 2.90. The first-order chi connectivity index (χ1) is 16.9. The molecule has 1 unspecified atom stereocenters. The number of carbonyl (C=O) groups excluding carboxylic acids is 1. The lowest BCUT2D eigenvalue weighted by Crippen LogP contribution is -2.30. The van der Waals surface area contributed by atoms with E-state index in [2.05, 4.69) is 4.98 Å². The molecule has 3 N–H and O–H groups in total. The van der Waals surface area contributed by atoms with Gasteiger partial charge in [0.05, 0.1) is 12.8 Å². The van der Waals surface area contributed by atoms with Crippen LogP contribution in [-0.4, -0.2) is 62.6 Å². The Labute approximate surface area is 221 Å². The average Bonchev–Trinajstić information content (AvgIpc) is 3.44. The topological polar surface area (TPSA) is 83.8 Å². The second kappa shape index (κ2) is 10.5. The van der Waals surface area contributed by atoms with Gasteiger partial charge in [0.25, 0.3) is 5.91 Å². The number of nitrogens with two attached hydrogens (primary N) is 1. The molecule has 190 valence electrons. The van der Waals surface area contributed by atoms with E-state index < -0.39 is 0 Å². The van der Waals surface area contributed by atoms with Gasteiger partial charge in [0.15, 0.2) is 11.5 Å². The van der Waals surface area contributed by atoms with Crippen LogP contribution in [0.25, 0.3) is 21.7 Å². The van der Waals surface area contributed by atoms with Crippen molar-refractivity contribution in [3.05, 3.63) is 59.8 Å². The molecule has 1 aliphatic rings. The molecule has 0 aliphatic carbocycles. The number of benzene rings is 3. The summed E-state index contributed by atoms with van der Waals surface area (Å²) in [5.41, 5.74) is 10.2. The monoisotopic (exact) mass is 528 g/mol. The molecule has 4 aromatic rings. The SMILES string of the molecule is COc1cc2cc(C(=O)N3CC(CCl)c4c3cc(N)c3ccccc43)[nH]c2cc1OCCN(C)C.Cl. The lowest BCUT2D eigenvalue weighted by molar-refractivity contribution is 0.0984. The summed E-state index contributed by atoms with van der Waals surface area (Å²) in [6.07, 6.45) is 0. The molecular weight excluding hydrogens is 499 g/mol. The van der Waals surface area contributed by atoms with Crippen LogP contribution in [0.2, 0.25) is 0 Å². The summed E-state index contributed by atoms with van der Waals surface area (Å²) in [6.45, 7) is 1.81. The third-order valence-corrected chi connectivity index (χ3v) is 6.93. The number of nitrogens with zero attached hydrogens (tertiary/aromatic N) is 2. The number of amides is 1. The number of carbonyl (C=O) groups is 1. The lowest BCUT2D eigenvalue weighted by Gasteiger charge is -2.18. The van der Waals surface area contributed by atoms with Crippen LogP contribution >= 0.6 is 24.0 Å². The van der Waals surface area contributed by atoms with E-state index in [0.29, 0.717) is 41.9 Å². The standard InChI is InChI=1S/C27H29ClN4O3.ClH/c1-31(2)8-9-35-25-13-21-16(11-24(25)34-3)10-22(30-21)27(33)32-15-17(14-28)26-19-7-5-4-6-18(19)20(29)12-23(26)32;/h4-7,10-13,17,30H,8-9,14-15,29H2,1-3H3;1H. The van der Waals surface area contributed by atoms with Crippen molar-refractivity contribution >= 4 is 63.0 Å². The van der Waals surface area contributed by atoms with Crippen molar-refractivity contribution in [3.8, 4) is 11.5 Å². The van der Waals surface area contributed by atoms with Crippen LogP contribution in [0.1, 0.15) is 22.0 Å². The highest BCUT2D eigenvalue weighted by Gasteiger charge is 2.35. The molecule has 0 saturated heterocycles. The van der Waals surface area contributed by atoms with Crippen LogP contribution in [0.5, 0.6) is 11.5 Å². The van der Waals surface area contributed by atoms with E-state index >= 15 is 0 Å². The number of nitrogens with one attached hydrogen (secondary N) is 1. The number of alkyl halides is 1. The summed E-state index contributed by atoms with van der Waals surface area (Å²) >= 11 is 6.36. The number of hydrogen-bond donors (Lipinski definition) is 2. The predicted molar refractivity (Wildman–Crippen MR) is 150 cm³/mol. The van der Waals surface area contributed by atoms with Crippen molar-refractivity contribution in [1.29, 1.82) is 0 Å². The van der Waals surface area contributed by atoms with Gasteiger partial charge in [-0.1, -0.05) is 24.3 Å². The van der Waals surface area contributed by atoms with E-state index in [0.717, 1.165) is 39.5 Å². The molecule has 0 bridgehead atoms. The highest BCUT2D eigenvalue weighted by atomic mass is 35.5. The summed E-state index contributed by atoms with van der Waals surface area (Å²) in [4.78, 5) is 20.8. The molecule has 0 saturated carbocycles. The smallest absolute Gasteiger partial charge is 0.274 e. The Morgan fingerprint density at radius 1 is 1.17 bits per heavy atom. The Bertz CT molecular complexity index is 1420. The zero-order valence-corrected chi connectivity index (χ0v) is 22.1. The molecule has 1 amide bonds. The van der Waals surface area contributed by atoms with Crippen LogP contribution in [-0.2, 0) is 0 Å². The van der Waals surface area contributed by atoms with Crippen molar-refractivity contribution in [1.82, 2.24) is 9.88 Å². The van der Waals surface area contributed by atoms with E-state index in [9.17, 15) is 4.79 Å². The number of hydrogen-bond acceptors (Lipinski definition) is 5. The van der Waals surface area contributed by atoms with Crippen molar-refractivity contribution in [2.75, 3.05) is 57.4 Å². The van der Waals surface area contributed by atoms with E-state index in [1.807, 2.05) is 67.5 Å². The van der Waals surface area contributed by atoms with E-state index in [1.54, 1.807) is 12.0 Å². The molecular formula is C27H30Cl2N4O3. The zero-order chi connectivity index (χ0) is 24.7. The number of fused-ring (bicyclic) bond motifs is 4. The van der Waals surface area contributed by atoms with Gasteiger partial charge in [-0.05, 0) is 43.2 Å². The summed E-state index contributed by atoms with van der Waals surface area (Å²) in [7, 11) is 5.60. The number of halogens is 2. The van der Waals surface area contributed by atoms with Crippen molar-refractivity contribution in [3.63, 3.8) is 0 Å². The molecule has 1 atom stereocenters. The first-order valence-electron chi connectivity index (χ1n) is 11.6. The van der Waals surface area contributed by atoms with E-state index in [-0.39, 0.29) is 24.2 Å². The van der Waals surface area contributed by atoms with Crippen LogP contribution in [0.4, 0.5) is 11.4 Å². The molecule has 9 heteroatoms. The first kappa shape index (κ1) is 25.9. The molecule has 2 heterocycles. The highest BCUT2D eigenvalue weighted by molar-refractivity contribution is 6.19. The van der Waals surface area contributed by atoms with Crippen molar-refractivity contribution in [2.45, 2.75) is 5.92 Å². The zero-order valence-electron chi connectivity index (χ0n) is 20.5. The summed E-state index contributed by atoms with van der Waals surface area (Å²) in [5.74, 6) is 1.58. The van der Waals surface area contributed by atoms with Gasteiger partial charge in [0.2, 0.25) is 0 Å². The normalized spacial score (nSPS) is 14.8. The number of rotatable bonds is 7. The minimum atomic E-state index is -0.126. The van der Waals surface area contributed by atoms with Gasteiger partial charge >= 0.3 is 0 Å². The number of aromatic amines is 1. The fraction of sp³-hybridized carbons (Fsp3) is 0.296. The third kappa shape index (κ3) is 4.54. The molecule has 1 aliphatic heterocycles. The molecule has 0 spiro atoms. The van der Waals surface area contributed by atoms with Gasteiger partial charge < -0.3 is 30.0 Å². The van der Waals surface area contributed by atoms with Gasteiger partial charge in [0.1, 0.15) is 12.3 Å². The summed E-state index contributed by atoms with van der Waals surface area (Å²) < 4.78 is 11.5. The second-order valence-corrected chi connectivity index (χ2v) is 9.44. The number of methoxy groups -OCH3 is 1. The van der Waals surface area contributed by atoms with Crippen LogP contribution in [0.3, 0.4) is 0 Å². The van der Waals surface area contributed by atoms with Crippen LogP contribution in [0.15, 0.2) is 48.5 Å². The Hall–Kier alpha value is -3.13. The molecule has 1 aromatic heterocycles. The fourth-order valence-electron chi connectivity index (χ4n) is 4.80. The minimum absolute atomic E-state index is 0. The number of likely N-dealkylation sites (N-methyl/N-ethyl adjacent to an activating group) is 1. The van der Waals surface area contributed by atoms with E-state index in [4.69, 9.17) is 26.8 Å². The maximum absolute atomic E-state index is 13.7. The quantitative estimate of drug-likeness (QED) is 0.252. The number of ether oxygens (including phenoxy) is 2. The summed E-state index contributed by atoms with van der Waals surface area (Å²) in [6, 6.07) is 15.5. The number of aromatic nitrogens is 1. The number of nitrogen functional groups attached to an aromatic ring is 1. The molecule has 5 rings (SSSR count). The molecule has 0 fully saturated rings. The largest absolute Gasteiger partial charge is 0.493 e. The van der Waals surface area contributed by atoms with Crippen molar-refractivity contribution in [2.24, 2.45) is 0 Å². The lowest BCUT2D eigenvalue weighted by atomic mass is 9.95. The molecule has 0 radical (unpaired) electrons. The maximum atomic E-state index is 13.7. The van der Waals surface area contributed by atoms with Gasteiger partial charge in [-0.15, -0.1) is 24.0 Å². The maximum Gasteiger partial charge on any atom is 0.274 e. The minimum Gasteiger partial charge on any atom is -0.493 e. The molecule has 7 nitrogen and oxygen atoms in total. The van der Waals surface area contributed by atoms with E-state index in [1.165, 1.54) is 0 Å². The molecule has 36 heavy (non-hydrogen) atoms. The van der Waals surface area contributed by atoms with Crippen molar-refractivity contribution < 1.29 is 14.3 Å². The van der Waals surface area contributed by atoms with Gasteiger partial charge in [0, 0.05) is 52.9 Å². The number of H-pyrrole nitrogens is 1. The second-order valence-electron chi connectivity index (χ2n) is 9.14. The predicted octanol–water partition coefficient (Wildman–Crippen LogP) is 5.26. The Balaban J connectivity index is 0.00000304. The Kier molecular flexibility index (Phi) is 7.54. The van der Waals surface area contributed by atoms with Crippen LogP contribution in [0, 0.1) is 0 Å². The first-order valence-corrected chi connectivity index (χ1v) is 12.1. The Morgan fingerprint density at radius 3 is 2.61 bits per heavy atom. The van der Waals surface area contributed by atoms with Gasteiger partial charge in [-0.2, -0.15) is 0 Å². The number of anilines is 2. The average molecular weight is 529 g/mol. The fourth-order valence-corrected chi connectivity index (χ4v) is 5.05. The van der Waals surface area contributed by atoms with Gasteiger partial charge in [-0.3, -0.25) is 4.79 Å². The highest BCUT2D eigenvalue weighted by Crippen LogP contribution is 2.44. The van der Waals surface area contributed by atoms with Gasteiger partial charge in [-0.25, -0.2) is 0 Å². The molecule has 3 aromatic carbocycles. The Morgan fingerprint density at radius 2 is 1.92 bits per heavy atom. The third-order valence-electron chi connectivity index (χ3n) is 6.56.